The summed E-state index contributed by atoms with van der Waals surface area (Å²) in [6.45, 7) is 20.9. The normalized spacial score (nSPS) is 12.2. The van der Waals surface area contributed by atoms with Gasteiger partial charge in [0, 0.05) is 22.3 Å². The lowest BCUT2D eigenvalue weighted by Crippen LogP contribution is -2.33. The molecule has 0 amide bonds. The standard InChI is InChI=1S/C22H32O10.C8H12O4/c1-13(2)18(25)29-9-16(23)11-31-20(27)15(5)8-22(6,7)21(28)32-12-17(24)10-30-19(26)14(3)4;1-5(6(9)10)4-8(2,3)7(11)12/h16-17,23-24H,1,3,5,8-12H2,2,4,6-7H3;1,4H2,2-3H3,(H,9,10)(H,11,12). The Morgan fingerprint density at radius 2 is 0.932 bits per heavy atom. The van der Waals surface area contributed by atoms with E-state index in [2.05, 4.69) is 26.3 Å². The SMILES string of the molecule is C=C(C)C(=O)OCC(O)COC(=O)C(=C)CC(C)(C)C(=O)OCC(O)COC(=O)C(=C)C.C=C(CC(C)(C)C(=O)O)C(=O)O. The summed E-state index contributed by atoms with van der Waals surface area (Å²) >= 11 is 0. The maximum Gasteiger partial charge on any atom is 0.333 e. The van der Waals surface area contributed by atoms with Gasteiger partial charge in [0.15, 0.2) is 0 Å². The molecule has 0 radical (unpaired) electrons. The molecule has 0 aromatic rings. The lowest BCUT2D eigenvalue weighted by Gasteiger charge is -2.24. The average molecular weight is 629 g/mol. The van der Waals surface area contributed by atoms with Crippen LogP contribution in [-0.2, 0) is 47.7 Å². The molecular weight excluding hydrogens is 584 g/mol. The molecule has 44 heavy (non-hydrogen) atoms. The molecule has 14 nitrogen and oxygen atoms in total. The highest BCUT2D eigenvalue weighted by Gasteiger charge is 2.33. The number of hydrogen-bond acceptors (Lipinski definition) is 12. The number of aliphatic hydroxyl groups is 2. The first kappa shape index (κ1) is 41.8. The molecule has 0 aromatic heterocycles. The number of ether oxygens (including phenoxy) is 4. The average Bonchev–Trinajstić information content (AvgIpc) is 2.91. The van der Waals surface area contributed by atoms with Crippen molar-refractivity contribution in [2.45, 2.75) is 66.6 Å². The molecule has 2 unspecified atom stereocenters. The highest BCUT2D eigenvalue weighted by molar-refractivity contribution is 5.90. The van der Waals surface area contributed by atoms with Crippen molar-refractivity contribution >= 4 is 35.8 Å². The van der Waals surface area contributed by atoms with Crippen LogP contribution in [0.2, 0.25) is 0 Å². The van der Waals surface area contributed by atoms with Crippen LogP contribution in [0.3, 0.4) is 0 Å². The molecule has 0 bridgehead atoms. The Kier molecular flexibility index (Phi) is 18.1. The van der Waals surface area contributed by atoms with Crippen LogP contribution in [0, 0.1) is 10.8 Å². The van der Waals surface area contributed by atoms with Gasteiger partial charge in [-0.1, -0.05) is 26.3 Å². The Bertz CT molecular complexity index is 1130. The van der Waals surface area contributed by atoms with E-state index >= 15 is 0 Å². The van der Waals surface area contributed by atoms with Gasteiger partial charge in [0.1, 0.15) is 38.6 Å². The van der Waals surface area contributed by atoms with Crippen molar-refractivity contribution in [1.82, 2.24) is 0 Å². The van der Waals surface area contributed by atoms with Crippen molar-refractivity contribution in [3.05, 3.63) is 48.6 Å². The van der Waals surface area contributed by atoms with Crippen molar-refractivity contribution in [3.8, 4) is 0 Å². The smallest absolute Gasteiger partial charge is 0.333 e. The van der Waals surface area contributed by atoms with Crippen molar-refractivity contribution in [3.63, 3.8) is 0 Å². The molecule has 0 saturated carbocycles. The molecule has 0 heterocycles. The lowest BCUT2D eigenvalue weighted by molar-refractivity contribution is -0.159. The van der Waals surface area contributed by atoms with Crippen LogP contribution >= 0.6 is 0 Å². The third kappa shape index (κ3) is 17.6. The summed E-state index contributed by atoms with van der Waals surface area (Å²) in [4.78, 5) is 67.8. The molecule has 0 aliphatic heterocycles. The summed E-state index contributed by atoms with van der Waals surface area (Å²) in [6, 6.07) is 0. The molecule has 0 saturated heterocycles. The Morgan fingerprint density at radius 3 is 1.27 bits per heavy atom. The van der Waals surface area contributed by atoms with Crippen LogP contribution in [-0.4, -0.2) is 94.9 Å². The number of rotatable bonds is 18. The number of carbonyl (C=O) groups is 6. The van der Waals surface area contributed by atoms with Crippen LogP contribution in [0.15, 0.2) is 48.6 Å². The number of hydrogen-bond donors (Lipinski definition) is 4. The number of esters is 4. The van der Waals surface area contributed by atoms with Gasteiger partial charge < -0.3 is 39.4 Å². The molecule has 0 aliphatic rings. The molecule has 248 valence electrons. The van der Waals surface area contributed by atoms with E-state index in [4.69, 9.17) is 29.2 Å². The second-order valence-electron chi connectivity index (χ2n) is 11.2. The minimum atomic E-state index is -1.24. The predicted octanol–water partition coefficient (Wildman–Crippen LogP) is 2.13. The van der Waals surface area contributed by atoms with Crippen LogP contribution in [0.5, 0.6) is 0 Å². The Hall–Kier alpha value is -4.30. The number of aliphatic hydroxyl groups excluding tert-OH is 2. The zero-order chi connectivity index (χ0) is 35.0. The van der Waals surface area contributed by atoms with E-state index in [0.717, 1.165) is 0 Å². The van der Waals surface area contributed by atoms with Crippen LogP contribution in [0.1, 0.15) is 54.4 Å². The highest BCUT2D eigenvalue weighted by Crippen LogP contribution is 2.27. The van der Waals surface area contributed by atoms with Crippen molar-refractivity contribution in [1.29, 1.82) is 0 Å². The molecule has 2 atom stereocenters. The van der Waals surface area contributed by atoms with Gasteiger partial charge in [0.05, 0.1) is 10.8 Å². The number of carboxylic acids is 2. The maximum atomic E-state index is 12.3. The Balaban J connectivity index is 0. The first-order valence-corrected chi connectivity index (χ1v) is 13.1. The molecule has 0 aromatic carbocycles. The minimum Gasteiger partial charge on any atom is -0.481 e. The monoisotopic (exact) mass is 628 g/mol. The van der Waals surface area contributed by atoms with Gasteiger partial charge in [-0.3, -0.25) is 9.59 Å². The zero-order valence-electron chi connectivity index (χ0n) is 26.1. The summed E-state index contributed by atoms with van der Waals surface area (Å²) < 4.78 is 19.4. The van der Waals surface area contributed by atoms with Gasteiger partial charge in [-0.25, -0.2) is 19.2 Å². The molecule has 14 heteroatoms. The largest absolute Gasteiger partial charge is 0.481 e. The van der Waals surface area contributed by atoms with Gasteiger partial charge in [-0.05, 0) is 54.4 Å². The molecule has 0 rings (SSSR count). The summed E-state index contributed by atoms with van der Waals surface area (Å²) in [7, 11) is 0. The third-order valence-electron chi connectivity index (χ3n) is 5.36. The lowest BCUT2D eigenvalue weighted by atomic mass is 9.86. The van der Waals surface area contributed by atoms with E-state index in [-0.39, 0.29) is 48.3 Å². The van der Waals surface area contributed by atoms with Gasteiger partial charge in [0.25, 0.3) is 0 Å². The summed E-state index contributed by atoms with van der Waals surface area (Å²) in [5.74, 6) is -5.09. The molecule has 0 spiro atoms. The fraction of sp³-hybridized carbons (Fsp3) is 0.533. The van der Waals surface area contributed by atoms with E-state index in [1.54, 1.807) is 0 Å². The van der Waals surface area contributed by atoms with Crippen LogP contribution < -0.4 is 0 Å². The Labute approximate surface area is 256 Å². The molecule has 0 fully saturated rings. The van der Waals surface area contributed by atoms with Crippen molar-refractivity contribution < 1.29 is 68.1 Å². The first-order valence-electron chi connectivity index (χ1n) is 13.1. The third-order valence-corrected chi connectivity index (χ3v) is 5.36. The van der Waals surface area contributed by atoms with E-state index in [1.165, 1.54) is 41.5 Å². The van der Waals surface area contributed by atoms with Gasteiger partial charge in [0.2, 0.25) is 0 Å². The summed E-state index contributed by atoms with van der Waals surface area (Å²) in [5.41, 5.74) is -2.04. The number of aliphatic carboxylic acids is 2. The van der Waals surface area contributed by atoms with Gasteiger partial charge in [-0.2, -0.15) is 0 Å². The fourth-order valence-corrected chi connectivity index (χ4v) is 2.69. The first-order chi connectivity index (χ1) is 19.9. The fourth-order valence-electron chi connectivity index (χ4n) is 2.69. The van der Waals surface area contributed by atoms with Crippen LogP contribution in [0.4, 0.5) is 0 Å². The topological polar surface area (TPSA) is 220 Å². The quantitative estimate of drug-likeness (QED) is 0.0971. The van der Waals surface area contributed by atoms with Gasteiger partial charge in [-0.15, -0.1) is 0 Å². The molecule has 0 aliphatic carbocycles. The van der Waals surface area contributed by atoms with Gasteiger partial charge >= 0.3 is 35.8 Å². The minimum absolute atomic E-state index is 0.0440. The van der Waals surface area contributed by atoms with Crippen molar-refractivity contribution in [2.75, 3.05) is 26.4 Å². The van der Waals surface area contributed by atoms with Crippen LogP contribution in [0.25, 0.3) is 0 Å². The van der Waals surface area contributed by atoms with E-state index in [1.807, 2.05) is 0 Å². The van der Waals surface area contributed by atoms with E-state index < -0.39 is 72.1 Å². The zero-order valence-corrected chi connectivity index (χ0v) is 26.1. The number of carbonyl (C=O) groups excluding carboxylic acids is 4. The second-order valence-corrected chi connectivity index (χ2v) is 11.2. The molecule has 4 N–H and O–H groups in total. The molecular formula is C30H44O14. The maximum absolute atomic E-state index is 12.3. The predicted molar refractivity (Wildman–Crippen MR) is 156 cm³/mol. The van der Waals surface area contributed by atoms with E-state index in [9.17, 15) is 39.0 Å². The highest BCUT2D eigenvalue weighted by atomic mass is 16.6. The van der Waals surface area contributed by atoms with E-state index in [0.29, 0.717) is 0 Å². The Morgan fingerprint density at radius 1 is 0.591 bits per heavy atom. The summed E-state index contributed by atoms with van der Waals surface area (Å²) in [6.07, 6.45) is -2.63. The second kappa shape index (κ2) is 19.1. The van der Waals surface area contributed by atoms with Crippen molar-refractivity contribution in [2.24, 2.45) is 10.8 Å². The summed E-state index contributed by atoms with van der Waals surface area (Å²) in [5, 5.41) is 36.5. The number of carboxylic acid groups (broad SMARTS) is 2.